The van der Waals surface area contributed by atoms with Crippen molar-refractivity contribution < 1.29 is 10.0 Å². The molecule has 158 valence electrons. The molecule has 0 fully saturated rings. The van der Waals surface area contributed by atoms with Crippen molar-refractivity contribution in [2.45, 2.75) is 12.8 Å². The molecular weight excluding hydrogens is 403 g/mol. The molecule has 0 heterocycles. The van der Waals surface area contributed by atoms with Crippen LogP contribution in [0.2, 0.25) is 0 Å². The maximum absolute atomic E-state index is 10.2. The summed E-state index contributed by atoms with van der Waals surface area (Å²) in [5.74, 6) is 0. The van der Waals surface area contributed by atoms with Crippen LogP contribution >= 0.6 is 0 Å². The molecule has 1 aliphatic rings. The molecule has 33 heavy (non-hydrogen) atoms. The highest BCUT2D eigenvalue weighted by atomic mass is 16.4. The van der Waals surface area contributed by atoms with Crippen molar-refractivity contribution in [1.82, 2.24) is 0 Å². The van der Waals surface area contributed by atoms with Crippen molar-refractivity contribution >= 4 is 40.2 Å². The van der Waals surface area contributed by atoms with Gasteiger partial charge in [0.25, 0.3) is 0 Å². The lowest BCUT2D eigenvalue weighted by atomic mass is 9.72. The number of aryl methyl sites for hydroxylation is 1. The molecule has 2 N–H and O–H groups in total. The first-order valence-corrected chi connectivity index (χ1v) is 11.4. The molecule has 0 radical (unpaired) electrons. The number of fused-ring (bicyclic) bond motifs is 3. The SMILES string of the molecule is OB(O)c1c2ccccc2c(-c2ccc(-c3cccc4c3C=CCC4)cc2)c2ccccc12. The van der Waals surface area contributed by atoms with Gasteiger partial charge in [0.15, 0.2) is 0 Å². The van der Waals surface area contributed by atoms with Gasteiger partial charge in [0, 0.05) is 0 Å². The van der Waals surface area contributed by atoms with Crippen LogP contribution < -0.4 is 5.46 Å². The van der Waals surface area contributed by atoms with Gasteiger partial charge >= 0.3 is 7.12 Å². The Morgan fingerprint density at radius 2 is 1.21 bits per heavy atom. The molecule has 5 aromatic rings. The molecule has 5 aromatic carbocycles. The van der Waals surface area contributed by atoms with Crippen molar-refractivity contribution in [1.29, 1.82) is 0 Å². The normalized spacial score (nSPS) is 12.8. The van der Waals surface area contributed by atoms with Crippen LogP contribution in [0.25, 0.3) is 49.9 Å². The second-order valence-electron chi connectivity index (χ2n) is 8.65. The Bertz CT molecular complexity index is 1470. The monoisotopic (exact) mass is 426 g/mol. The van der Waals surface area contributed by atoms with E-state index >= 15 is 0 Å². The fourth-order valence-electron chi connectivity index (χ4n) is 5.29. The lowest BCUT2D eigenvalue weighted by molar-refractivity contribution is 0.426. The maximum atomic E-state index is 10.2. The third-order valence-corrected chi connectivity index (χ3v) is 6.78. The minimum atomic E-state index is -1.53. The Morgan fingerprint density at radius 1 is 0.606 bits per heavy atom. The zero-order chi connectivity index (χ0) is 22.4. The van der Waals surface area contributed by atoms with E-state index in [0.29, 0.717) is 5.46 Å². The molecule has 0 saturated heterocycles. The van der Waals surface area contributed by atoms with Gasteiger partial charge in [-0.3, -0.25) is 0 Å². The first kappa shape index (κ1) is 20.0. The Labute approximate surface area is 193 Å². The van der Waals surface area contributed by atoms with E-state index in [1.165, 1.54) is 22.3 Å². The van der Waals surface area contributed by atoms with E-state index in [2.05, 4.69) is 66.7 Å². The number of allylic oxidation sites excluding steroid dienone is 1. The van der Waals surface area contributed by atoms with E-state index in [1.54, 1.807) is 0 Å². The van der Waals surface area contributed by atoms with Crippen molar-refractivity contribution in [3.05, 3.63) is 108 Å². The Hall–Kier alpha value is -3.66. The summed E-state index contributed by atoms with van der Waals surface area (Å²) in [6, 6.07) is 31.3. The van der Waals surface area contributed by atoms with Gasteiger partial charge in [-0.15, -0.1) is 0 Å². The summed E-state index contributed by atoms with van der Waals surface area (Å²) in [5, 5.41) is 24.2. The second kappa shape index (κ2) is 8.04. The van der Waals surface area contributed by atoms with Crippen molar-refractivity contribution in [3.8, 4) is 22.3 Å². The first-order chi connectivity index (χ1) is 16.2. The number of hydrogen-bond acceptors (Lipinski definition) is 2. The molecule has 6 rings (SSSR count). The fraction of sp³-hybridized carbons (Fsp3) is 0.0667. The standard InChI is InChI=1S/C30H23BO2/c32-31(33)30-27-13-5-3-11-25(27)29(26-12-4-6-14-28(26)30)22-18-16-21(17-19-22)24-15-7-9-20-8-1-2-10-23(20)24/h2-7,9-19,32-33H,1,8H2. The highest BCUT2D eigenvalue weighted by Gasteiger charge is 2.22. The Morgan fingerprint density at radius 3 is 1.85 bits per heavy atom. The van der Waals surface area contributed by atoms with E-state index in [0.717, 1.165) is 45.5 Å². The maximum Gasteiger partial charge on any atom is 0.489 e. The molecule has 0 aliphatic heterocycles. The summed E-state index contributed by atoms with van der Waals surface area (Å²) in [6.07, 6.45) is 6.71. The molecule has 1 aliphatic carbocycles. The number of benzene rings is 5. The quantitative estimate of drug-likeness (QED) is 0.276. The van der Waals surface area contributed by atoms with Crippen molar-refractivity contribution in [3.63, 3.8) is 0 Å². The average molecular weight is 426 g/mol. The summed E-state index contributed by atoms with van der Waals surface area (Å²) in [6.45, 7) is 0. The lowest BCUT2D eigenvalue weighted by Gasteiger charge is -2.18. The fourth-order valence-corrected chi connectivity index (χ4v) is 5.29. The van der Waals surface area contributed by atoms with Gasteiger partial charge in [-0.25, -0.2) is 0 Å². The van der Waals surface area contributed by atoms with E-state index in [9.17, 15) is 10.0 Å². The number of hydrogen-bond donors (Lipinski definition) is 2. The second-order valence-corrected chi connectivity index (χ2v) is 8.65. The third-order valence-electron chi connectivity index (χ3n) is 6.78. The highest BCUT2D eigenvalue weighted by molar-refractivity contribution is 6.66. The molecule has 0 saturated carbocycles. The van der Waals surface area contributed by atoms with E-state index in [-0.39, 0.29) is 0 Å². The predicted octanol–water partition coefficient (Wildman–Crippen LogP) is 5.97. The molecule has 0 spiro atoms. The van der Waals surface area contributed by atoms with Crippen molar-refractivity contribution in [2.24, 2.45) is 0 Å². The van der Waals surface area contributed by atoms with Crippen LogP contribution in [0, 0.1) is 0 Å². The van der Waals surface area contributed by atoms with E-state index in [4.69, 9.17) is 0 Å². The van der Waals surface area contributed by atoms with Crippen LogP contribution in [0.15, 0.2) is 97.1 Å². The molecule has 0 bridgehead atoms. The van der Waals surface area contributed by atoms with Crippen LogP contribution in [0.4, 0.5) is 0 Å². The van der Waals surface area contributed by atoms with Gasteiger partial charge in [0.1, 0.15) is 0 Å². The lowest BCUT2D eigenvalue weighted by Crippen LogP contribution is -2.31. The van der Waals surface area contributed by atoms with Gasteiger partial charge in [0.2, 0.25) is 0 Å². The largest absolute Gasteiger partial charge is 0.489 e. The van der Waals surface area contributed by atoms with Crippen LogP contribution in [0.1, 0.15) is 17.5 Å². The van der Waals surface area contributed by atoms with Crippen LogP contribution in [-0.2, 0) is 6.42 Å². The van der Waals surface area contributed by atoms with Crippen LogP contribution in [0.5, 0.6) is 0 Å². The zero-order valence-corrected chi connectivity index (χ0v) is 18.2. The van der Waals surface area contributed by atoms with Crippen molar-refractivity contribution in [2.75, 3.05) is 0 Å². The van der Waals surface area contributed by atoms with Crippen LogP contribution in [0.3, 0.4) is 0 Å². The summed E-state index contributed by atoms with van der Waals surface area (Å²) >= 11 is 0. The molecular formula is C30H23BO2. The summed E-state index contributed by atoms with van der Waals surface area (Å²) in [7, 11) is -1.53. The minimum Gasteiger partial charge on any atom is -0.423 e. The van der Waals surface area contributed by atoms with Gasteiger partial charge in [-0.2, -0.15) is 0 Å². The molecule has 2 nitrogen and oxygen atoms in total. The Balaban J connectivity index is 1.57. The zero-order valence-electron chi connectivity index (χ0n) is 18.2. The van der Waals surface area contributed by atoms with Gasteiger partial charge in [0.05, 0.1) is 0 Å². The van der Waals surface area contributed by atoms with Gasteiger partial charge in [-0.1, -0.05) is 103 Å². The molecule has 0 atom stereocenters. The third kappa shape index (κ3) is 3.29. The highest BCUT2D eigenvalue weighted by Crippen LogP contribution is 2.37. The molecule has 0 aromatic heterocycles. The minimum absolute atomic E-state index is 0.560. The molecule has 0 unspecified atom stereocenters. The van der Waals surface area contributed by atoms with Gasteiger partial charge in [-0.05, 0) is 73.2 Å². The average Bonchev–Trinajstić information content (AvgIpc) is 2.87. The van der Waals surface area contributed by atoms with Crippen LogP contribution in [-0.4, -0.2) is 17.2 Å². The summed E-state index contributed by atoms with van der Waals surface area (Å²) in [4.78, 5) is 0. The van der Waals surface area contributed by atoms with E-state index < -0.39 is 7.12 Å². The molecule has 0 amide bonds. The van der Waals surface area contributed by atoms with Gasteiger partial charge < -0.3 is 10.0 Å². The molecule has 3 heteroatoms. The predicted molar refractivity (Wildman–Crippen MR) is 140 cm³/mol. The topological polar surface area (TPSA) is 40.5 Å². The van der Waals surface area contributed by atoms with E-state index in [1.807, 2.05) is 36.4 Å². The smallest absolute Gasteiger partial charge is 0.423 e. The number of rotatable bonds is 3. The summed E-state index contributed by atoms with van der Waals surface area (Å²) < 4.78 is 0. The Kier molecular flexibility index (Phi) is 4.87. The first-order valence-electron chi connectivity index (χ1n) is 11.4. The summed E-state index contributed by atoms with van der Waals surface area (Å²) in [5.41, 5.74) is 8.01.